The number of carbonyl (C=O) groups is 1. The van der Waals surface area contributed by atoms with Crippen molar-refractivity contribution in [1.29, 1.82) is 0 Å². The highest BCUT2D eigenvalue weighted by molar-refractivity contribution is 7.89. The van der Waals surface area contributed by atoms with Gasteiger partial charge in [0.15, 0.2) is 0 Å². The molecule has 0 bridgehead atoms. The van der Waals surface area contributed by atoms with Crippen molar-refractivity contribution in [3.8, 4) is 0 Å². The van der Waals surface area contributed by atoms with Gasteiger partial charge in [0, 0.05) is 12.6 Å². The quantitative estimate of drug-likeness (QED) is 0.584. The van der Waals surface area contributed by atoms with E-state index in [4.69, 9.17) is 4.84 Å². The topological polar surface area (TPSA) is 75.7 Å². The molecule has 0 aliphatic carbocycles. The van der Waals surface area contributed by atoms with E-state index in [-0.39, 0.29) is 16.3 Å². The molecule has 3 rings (SSSR count). The van der Waals surface area contributed by atoms with Crippen LogP contribution in [0.4, 0.5) is 4.39 Å². The predicted molar refractivity (Wildman–Crippen MR) is 111 cm³/mol. The molecule has 0 aliphatic rings. The summed E-state index contributed by atoms with van der Waals surface area (Å²) in [6, 6.07) is 20.2. The molecule has 1 atom stereocenters. The molecule has 0 aromatic heterocycles. The standard InChI is InChI=1S/C22H21FN2O4S/c1-25(29-2)30(27,28)20-10-6-9-18(15-20)22(26)24-21(16-7-4-3-5-8-16)17-11-13-19(23)14-12-17/h3-15,21H,1-2H3,(H,24,26). The summed E-state index contributed by atoms with van der Waals surface area (Å²) in [6.45, 7) is 0. The lowest BCUT2D eigenvalue weighted by Gasteiger charge is -2.20. The zero-order valence-electron chi connectivity index (χ0n) is 16.4. The minimum Gasteiger partial charge on any atom is -0.341 e. The highest BCUT2D eigenvalue weighted by atomic mass is 32.2. The Kier molecular flexibility index (Phi) is 6.61. The molecule has 0 fully saturated rings. The molecule has 0 saturated heterocycles. The van der Waals surface area contributed by atoms with Crippen molar-refractivity contribution in [3.05, 3.63) is 101 Å². The van der Waals surface area contributed by atoms with Crippen LogP contribution in [0.5, 0.6) is 0 Å². The molecule has 1 amide bonds. The third-order valence-corrected chi connectivity index (χ3v) is 6.28. The maximum Gasteiger partial charge on any atom is 0.264 e. The summed E-state index contributed by atoms with van der Waals surface area (Å²) in [5, 5.41) is 2.91. The van der Waals surface area contributed by atoms with Crippen LogP contribution in [-0.2, 0) is 14.9 Å². The Morgan fingerprint density at radius 3 is 2.23 bits per heavy atom. The number of sulfonamides is 1. The first kappa shape index (κ1) is 21.6. The molecule has 0 radical (unpaired) electrons. The summed E-state index contributed by atoms with van der Waals surface area (Å²) in [5.41, 5.74) is 1.67. The van der Waals surface area contributed by atoms with Gasteiger partial charge in [-0.1, -0.05) is 53.0 Å². The molecule has 0 spiro atoms. The highest BCUT2D eigenvalue weighted by Crippen LogP contribution is 2.23. The van der Waals surface area contributed by atoms with E-state index in [1.165, 1.54) is 50.6 Å². The predicted octanol–water partition coefficient (Wildman–Crippen LogP) is 3.53. The van der Waals surface area contributed by atoms with Crippen LogP contribution < -0.4 is 5.32 Å². The van der Waals surface area contributed by atoms with Crippen molar-refractivity contribution in [1.82, 2.24) is 9.79 Å². The SMILES string of the molecule is CON(C)S(=O)(=O)c1cccc(C(=O)NC(c2ccccc2)c2ccc(F)cc2)c1. The minimum absolute atomic E-state index is 0.0717. The molecule has 8 heteroatoms. The lowest BCUT2D eigenvalue weighted by Crippen LogP contribution is -2.30. The van der Waals surface area contributed by atoms with Gasteiger partial charge >= 0.3 is 0 Å². The van der Waals surface area contributed by atoms with Crippen molar-refractivity contribution >= 4 is 15.9 Å². The van der Waals surface area contributed by atoms with Crippen LogP contribution in [0.2, 0.25) is 0 Å². The second kappa shape index (κ2) is 9.17. The lowest BCUT2D eigenvalue weighted by atomic mass is 9.98. The molecule has 6 nitrogen and oxygen atoms in total. The molecule has 3 aromatic carbocycles. The van der Waals surface area contributed by atoms with Crippen molar-refractivity contribution in [2.45, 2.75) is 10.9 Å². The molecule has 0 heterocycles. The number of rotatable bonds is 7. The Labute approximate surface area is 174 Å². The van der Waals surface area contributed by atoms with Crippen LogP contribution in [0.25, 0.3) is 0 Å². The summed E-state index contributed by atoms with van der Waals surface area (Å²) in [7, 11) is -1.39. The van der Waals surface area contributed by atoms with Crippen molar-refractivity contribution in [3.63, 3.8) is 0 Å². The number of halogens is 1. The van der Waals surface area contributed by atoms with E-state index in [0.717, 1.165) is 10.0 Å². The van der Waals surface area contributed by atoms with Gasteiger partial charge in [-0.15, -0.1) is 0 Å². The van der Waals surface area contributed by atoms with Gasteiger partial charge in [-0.25, -0.2) is 12.8 Å². The van der Waals surface area contributed by atoms with Gasteiger partial charge in [-0.05, 0) is 41.5 Å². The van der Waals surface area contributed by atoms with Gasteiger partial charge in [0.05, 0.1) is 18.0 Å². The van der Waals surface area contributed by atoms with E-state index in [2.05, 4.69) is 5.32 Å². The second-order valence-corrected chi connectivity index (χ2v) is 8.43. The van der Waals surface area contributed by atoms with Crippen LogP contribution in [0.3, 0.4) is 0 Å². The number of benzene rings is 3. The average Bonchev–Trinajstić information content (AvgIpc) is 2.78. The zero-order chi connectivity index (χ0) is 21.7. The fraction of sp³-hybridized carbons (Fsp3) is 0.136. The number of carbonyl (C=O) groups excluding carboxylic acids is 1. The Morgan fingerprint density at radius 1 is 0.967 bits per heavy atom. The monoisotopic (exact) mass is 428 g/mol. The van der Waals surface area contributed by atoms with Crippen LogP contribution >= 0.6 is 0 Å². The summed E-state index contributed by atoms with van der Waals surface area (Å²) in [4.78, 5) is 17.7. The second-order valence-electron chi connectivity index (χ2n) is 6.49. The molecule has 3 aromatic rings. The molecule has 0 saturated carbocycles. The first-order valence-electron chi connectivity index (χ1n) is 9.07. The van der Waals surface area contributed by atoms with Crippen LogP contribution in [0.1, 0.15) is 27.5 Å². The molecular formula is C22H21FN2O4S. The number of amides is 1. The lowest BCUT2D eigenvalue weighted by molar-refractivity contribution is -0.0258. The maximum absolute atomic E-state index is 13.4. The van der Waals surface area contributed by atoms with Crippen LogP contribution in [0, 0.1) is 5.82 Å². The summed E-state index contributed by atoms with van der Waals surface area (Å²) in [5.74, 6) is -0.845. The van der Waals surface area contributed by atoms with E-state index < -0.39 is 22.0 Å². The Hall–Kier alpha value is -3.07. The third kappa shape index (κ3) is 4.73. The Morgan fingerprint density at radius 2 is 1.60 bits per heavy atom. The first-order valence-corrected chi connectivity index (χ1v) is 10.5. The Balaban J connectivity index is 1.93. The molecule has 1 unspecified atom stereocenters. The third-order valence-electron chi connectivity index (χ3n) is 4.60. The Bertz CT molecular complexity index is 1120. The van der Waals surface area contributed by atoms with Gasteiger partial charge in [0.2, 0.25) is 0 Å². The molecular weight excluding hydrogens is 407 g/mol. The zero-order valence-corrected chi connectivity index (χ0v) is 17.3. The van der Waals surface area contributed by atoms with Crippen molar-refractivity contribution in [2.75, 3.05) is 14.2 Å². The largest absolute Gasteiger partial charge is 0.341 e. The molecule has 30 heavy (non-hydrogen) atoms. The van der Waals surface area contributed by atoms with E-state index in [0.29, 0.717) is 5.56 Å². The van der Waals surface area contributed by atoms with Crippen molar-refractivity contribution in [2.24, 2.45) is 0 Å². The number of nitrogens with zero attached hydrogens (tertiary/aromatic N) is 1. The smallest absolute Gasteiger partial charge is 0.264 e. The average molecular weight is 428 g/mol. The first-order chi connectivity index (χ1) is 14.3. The van der Waals surface area contributed by atoms with E-state index in [9.17, 15) is 17.6 Å². The van der Waals surface area contributed by atoms with Gasteiger partial charge in [0.1, 0.15) is 5.82 Å². The normalized spacial score (nSPS) is 12.5. The molecule has 156 valence electrons. The maximum atomic E-state index is 13.4. The van der Waals surface area contributed by atoms with Crippen molar-refractivity contribution < 1.29 is 22.4 Å². The van der Waals surface area contributed by atoms with Gasteiger partial charge in [-0.2, -0.15) is 0 Å². The summed E-state index contributed by atoms with van der Waals surface area (Å²) >= 11 is 0. The summed E-state index contributed by atoms with van der Waals surface area (Å²) in [6.07, 6.45) is 0. The minimum atomic E-state index is -3.89. The fourth-order valence-corrected chi connectivity index (χ4v) is 3.94. The number of hydroxylamine groups is 1. The number of hydrogen-bond acceptors (Lipinski definition) is 4. The fourth-order valence-electron chi connectivity index (χ4n) is 2.92. The van der Waals surface area contributed by atoms with Crippen LogP contribution in [0.15, 0.2) is 83.8 Å². The van der Waals surface area contributed by atoms with Gasteiger partial charge in [0.25, 0.3) is 15.9 Å². The molecule has 0 aliphatic heterocycles. The number of nitrogens with one attached hydrogen (secondary N) is 1. The van der Waals surface area contributed by atoms with Gasteiger partial charge in [-0.3, -0.25) is 9.63 Å². The highest BCUT2D eigenvalue weighted by Gasteiger charge is 2.23. The molecule has 1 N–H and O–H groups in total. The van der Waals surface area contributed by atoms with E-state index in [1.807, 2.05) is 30.3 Å². The van der Waals surface area contributed by atoms with E-state index >= 15 is 0 Å². The van der Waals surface area contributed by atoms with Gasteiger partial charge < -0.3 is 5.32 Å². The number of hydrogen-bond donors (Lipinski definition) is 1. The summed E-state index contributed by atoms with van der Waals surface area (Å²) < 4.78 is 39.0. The van der Waals surface area contributed by atoms with E-state index in [1.54, 1.807) is 12.1 Å². The van der Waals surface area contributed by atoms with Crippen LogP contribution in [-0.4, -0.2) is 33.0 Å².